The van der Waals surface area contributed by atoms with Crippen molar-refractivity contribution < 1.29 is 18.9 Å². The Hall–Kier alpha value is -0.160. The summed E-state index contributed by atoms with van der Waals surface area (Å²) in [5.41, 5.74) is -0.121. The zero-order chi connectivity index (χ0) is 20.2. The van der Waals surface area contributed by atoms with Crippen molar-refractivity contribution >= 4 is 0 Å². The molecular formula is C24H44O4. The lowest BCUT2D eigenvalue weighted by Gasteiger charge is -2.44. The third-order valence-electron chi connectivity index (χ3n) is 7.06. The minimum atomic E-state index is -0.157. The Kier molecular flexibility index (Phi) is 7.86. The van der Waals surface area contributed by atoms with Crippen LogP contribution in [0.15, 0.2) is 0 Å². The van der Waals surface area contributed by atoms with Crippen LogP contribution in [-0.4, -0.2) is 43.9 Å². The molecule has 2 heterocycles. The van der Waals surface area contributed by atoms with Gasteiger partial charge in [-0.1, -0.05) is 39.5 Å². The van der Waals surface area contributed by atoms with Crippen LogP contribution in [0.4, 0.5) is 0 Å². The monoisotopic (exact) mass is 396 g/mol. The van der Waals surface area contributed by atoms with Crippen molar-refractivity contribution in [3.63, 3.8) is 0 Å². The fourth-order valence-electron chi connectivity index (χ4n) is 5.20. The second-order valence-electron chi connectivity index (χ2n) is 10.7. The third-order valence-corrected chi connectivity index (χ3v) is 7.06. The average Bonchev–Trinajstić information content (AvgIpc) is 3.37. The van der Waals surface area contributed by atoms with Crippen LogP contribution in [0.1, 0.15) is 92.4 Å². The third kappa shape index (κ3) is 6.68. The van der Waals surface area contributed by atoms with Crippen LogP contribution in [0.25, 0.3) is 0 Å². The second-order valence-corrected chi connectivity index (χ2v) is 10.7. The summed E-state index contributed by atoms with van der Waals surface area (Å²) < 4.78 is 24.4. The van der Waals surface area contributed by atoms with Crippen molar-refractivity contribution in [3.8, 4) is 0 Å². The first-order valence-electron chi connectivity index (χ1n) is 11.8. The molecular weight excluding hydrogens is 352 g/mol. The summed E-state index contributed by atoms with van der Waals surface area (Å²) in [4.78, 5) is 0. The zero-order valence-corrected chi connectivity index (χ0v) is 19.0. The van der Waals surface area contributed by atoms with E-state index in [0.29, 0.717) is 24.0 Å². The van der Waals surface area contributed by atoms with Gasteiger partial charge in [0.25, 0.3) is 0 Å². The molecule has 3 atom stereocenters. The SMILES string of the molecule is CCC(CCC1OC1C)COC(C)(C)CC1(C)COC(C2CCCCC2)OC1. The normalized spacial score (nSPS) is 35.7. The molecule has 164 valence electrons. The maximum atomic E-state index is 6.42. The van der Waals surface area contributed by atoms with E-state index in [4.69, 9.17) is 18.9 Å². The van der Waals surface area contributed by atoms with Gasteiger partial charge in [0.05, 0.1) is 37.6 Å². The highest BCUT2D eigenvalue weighted by Crippen LogP contribution is 2.38. The van der Waals surface area contributed by atoms with E-state index in [0.717, 1.165) is 26.2 Å². The predicted octanol–water partition coefficient (Wildman–Crippen LogP) is 5.72. The van der Waals surface area contributed by atoms with Gasteiger partial charge in [0.1, 0.15) is 0 Å². The van der Waals surface area contributed by atoms with Gasteiger partial charge >= 0.3 is 0 Å². The molecule has 3 fully saturated rings. The summed E-state index contributed by atoms with van der Waals surface area (Å²) in [5.74, 6) is 1.23. The molecule has 0 bridgehead atoms. The zero-order valence-electron chi connectivity index (χ0n) is 19.0. The fourth-order valence-corrected chi connectivity index (χ4v) is 5.20. The lowest BCUT2D eigenvalue weighted by Crippen LogP contribution is -2.47. The van der Waals surface area contributed by atoms with Gasteiger partial charge in [-0.25, -0.2) is 0 Å². The summed E-state index contributed by atoms with van der Waals surface area (Å²) in [6.07, 6.45) is 12.1. The molecule has 3 rings (SSSR count). The van der Waals surface area contributed by atoms with Crippen LogP contribution >= 0.6 is 0 Å². The Morgan fingerprint density at radius 1 is 1.11 bits per heavy atom. The van der Waals surface area contributed by atoms with Gasteiger partial charge < -0.3 is 18.9 Å². The predicted molar refractivity (Wildman–Crippen MR) is 112 cm³/mol. The molecule has 1 aliphatic carbocycles. The molecule has 0 aromatic carbocycles. The van der Waals surface area contributed by atoms with E-state index in [1.165, 1.54) is 51.4 Å². The molecule has 4 nitrogen and oxygen atoms in total. The van der Waals surface area contributed by atoms with E-state index in [-0.39, 0.29) is 17.3 Å². The largest absolute Gasteiger partial charge is 0.375 e. The first-order valence-corrected chi connectivity index (χ1v) is 11.8. The second kappa shape index (κ2) is 9.76. The summed E-state index contributed by atoms with van der Waals surface area (Å²) in [6, 6.07) is 0. The Labute approximate surface area is 173 Å². The van der Waals surface area contributed by atoms with Gasteiger partial charge in [0.2, 0.25) is 0 Å². The summed E-state index contributed by atoms with van der Waals surface area (Å²) >= 11 is 0. The molecule has 0 radical (unpaired) electrons. The first kappa shape index (κ1) is 22.5. The lowest BCUT2D eigenvalue weighted by molar-refractivity contribution is -0.258. The summed E-state index contributed by atoms with van der Waals surface area (Å²) in [7, 11) is 0. The van der Waals surface area contributed by atoms with Gasteiger partial charge in [0.15, 0.2) is 6.29 Å². The van der Waals surface area contributed by atoms with Crippen LogP contribution < -0.4 is 0 Å². The molecule has 2 saturated heterocycles. The minimum Gasteiger partial charge on any atom is -0.375 e. The molecule has 28 heavy (non-hydrogen) atoms. The maximum absolute atomic E-state index is 6.42. The van der Waals surface area contributed by atoms with Crippen molar-refractivity contribution in [1.29, 1.82) is 0 Å². The van der Waals surface area contributed by atoms with Crippen LogP contribution in [0.2, 0.25) is 0 Å². The Bertz CT molecular complexity index is 463. The van der Waals surface area contributed by atoms with Crippen LogP contribution in [-0.2, 0) is 18.9 Å². The number of rotatable bonds is 10. The number of hydrogen-bond donors (Lipinski definition) is 0. The van der Waals surface area contributed by atoms with Crippen molar-refractivity contribution in [1.82, 2.24) is 0 Å². The molecule has 0 aromatic rings. The summed E-state index contributed by atoms with van der Waals surface area (Å²) in [6.45, 7) is 13.6. The van der Waals surface area contributed by atoms with E-state index in [2.05, 4.69) is 34.6 Å². The molecule has 4 heteroatoms. The van der Waals surface area contributed by atoms with Crippen molar-refractivity contribution in [3.05, 3.63) is 0 Å². The standard InChI is InChI=1S/C24H44O4/c1-6-19(12-13-21-18(2)28-21)14-27-23(3,4)15-24(5)16-25-22(26-17-24)20-10-8-7-9-11-20/h18-22H,6-17H2,1-5H3. The summed E-state index contributed by atoms with van der Waals surface area (Å²) in [5, 5.41) is 0. The fraction of sp³-hybridized carbons (Fsp3) is 1.00. The maximum Gasteiger partial charge on any atom is 0.160 e. The molecule has 3 unspecified atom stereocenters. The average molecular weight is 397 g/mol. The molecule has 2 aliphatic heterocycles. The van der Waals surface area contributed by atoms with Gasteiger partial charge in [-0.3, -0.25) is 0 Å². The van der Waals surface area contributed by atoms with Crippen LogP contribution in [0, 0.1) is 17.3 Å². The van der Waals surface area contributed by atoms with Gasteiger partial charge in [-0.15, -0.1) is 0 Å². The quantitative estimate of drug-likeness (QED) is 0.442. The molecule has 0 N–H and O–H groups in total. The van der Waals surface area contributed by atoms with Gasteiger partial charge in [-0.2, -0.15) is 0 Å². The molecule has 0 amide bonds. The molecule has 0 aromatic heterocycles. The number of epoxide rings is 1. The highest BCUT2D eigenvalue weighted by molar-refractivity contribution is 4.87. The Morgan fingerprint density at radius 3 is 2.32 bits per heavy atom. The topological polar surface area (TPSA) is 40.2 Å². The molecule has 0 spiro atoms. The van der Waals surface area contributed by atoms with E-state index in [1.54, 1.807) is 0 Å². The smallest absolute Gasteiger partial charge is 0.160 e. The Balaban J connectivity index is 1.39. The molecule has 1 saturated carbocycles. The van der Waals surface area contributed by atoms with Crippen molar-refractivity contribution in [2.24, 2.45) is 17.3 Å². The minimum absolute atomic E-state index is 0.0221. The number of hydrogen-bond acceptors (Lipinski definition) is 4. The van der Waals surface area contributed by atoms with Gasteiger partial charge in [0, 0.05) is 11.3 Å². The van der Waals surface area contributed by atoms with Crippen molar-refractivity contribution in [2.75, 3.05) is 19.8 Å². The lowest BCUT2D eigenvalue weighted by atomic mass is 9.80. The van der Waals surface area contributed by atoms with Crippen LogP contribution in [0.5, 0.6) is 0 Å². The Morgan fingerprint density at radius 2 is 1.75 bits per heavy atom. The van der Waals surface area contributed by atoms with E-state index in [9.17, 15) is 0 Å². The highest BCUT2D eigenvalue weighted by atomic mass is 16.7. The van der Waals surface area contributed by atoms with E-state index in [1.807, 2.05) is 0 Å². The van der Waals surface area contributed by atoms with E-state index >= 15 is 0 Å². The highest BCUT2D eigenvalue weighted by Gasteiger charge is 2.40. The van der Waals surface area contributed by atoms with Crippen LogP contribution in [0.3, 0.4) is 0 Å². The molecule has 3 aliphatic rings. The van der Waals surface area contributed by atoms with Crippen molar-refractivity contribution in [2.45, 2.75) is 117 Å². The number of ether oxygens (including phenoxy) is 4. The van der Waals surface area contributed by atoms with Gasteiger partial charge in [-0.05, 0) is 58.8 Å². The first-order chi connectivity index (χ1) is 13.3. The van der Waals surface area contributed by atoms with E-state index < -0.39 is 0 Å².